The van der Waals surface area contributed by atoms with Gasteiger partial charge in [0.05, 0.1) is 4.90 Å². The Morgan fingerprint density at radius 3 is 2.25 bits per heavy atom. The molecule has 0 aromatic heterocycles. The minimum atomic E-state index is -3.67. The highest BCUT2D eigenvalue weighted by Gasteiger charge is 2.16. The smallest absolute Gasteiger partial charge is 0.261 e. The van der Waals surface area contributed by atoms with E-state index in [0.717, 1.165) is 31.5 Å². The minimum absolute atomic E-state index is 0.0882. The molecule has 0 radical (unpaired) electrons. The van der Waals surface area contributed by atoms with Crippen molar-refractivity contribution in [2.24, 2.45) is 0 Å². The number of piperidine rings is 1. The third kappa shape index (κ3) is 4.21. The molecule has 1 aliphatic rings. The Hall–Kier alpha value is -1.07. The largest absolute Gasteiger partial charge is 0.343 e. The van der Waals surface area contributed by atoms with Crippen molar-refractivity contribution in [3.63, 3.8) is 0 Å². The lowest BCUT2D eigenvalue weighted by Crippen LogP contribution is -2.35. The van der Waals surface area contributed by atoms with Gasteiger partial charge in [-0.25, -0.2) is 8.42 Å². The van der Waals surface area contributed by atoms with Crippen LogP contribution in [-0.2, 0) is 20.3 Å². The number of nitrogens with zero attached hydrogens (tertiary/aromatic N) is 1. The van der Waals surface area contributed by atoms with Crippen LogP contribution in [0, 0.1) is 0 Å². The molecule has 1 saturated heterocycles. The molecule has 0 N–H and O–H groups in total. The number of rotatable bonds is 4. The fraction of sp³-hybridized carbons (Fsp3) is 0.500. The second-order valence-electron chi connectivity index (χ2n) is 5.02. The Morgan fingerprint density at radius 1 is 1.10 bits per heavy atom. The molecule has 0 spiro atoms. The summed E-state index contributed by atoms with van der Waals surface area (Å²) in [4.78, 5) is 14.0. The molecule has 4 nitrogen and oxygen atoms in total. The van der Waals surface area contributed by atoms with Gasteiger partial charge in [0.1, 0.15) is 0 Å². The molecule has 1 heterocycles. The van der Waals surface area contributed by atoms with Gasteiger partial charge in [0.15, 0.2) is 0 Å². The first kappa shape index (κ1) is 15.3. The summed E-state index contributed by atoms with van der Waals surface area (Å²) in [6.45, 7) is 1.73. The second kappa shape index (κ2) is 6.59. The van der Waals surface area contributed by atoms with E-state index in [1.165, 1.54) is 18.6 Å². The zero-order valence-corrected chi connectivity index (χ0v) is 12.8. The van der Waals surface area contributed by atoms with E-state index in [1.54, 1.807) is 12.1 Å². The van der Waals surface area contributed by atoms with Crippen molar-refractivity contribution in [1.82, 2.24) is 4.90 Å². The van der Waals surface area contributed by atoms with Crippen molar-refractivity contribution in [3.8, 4) is 0 Å². The van der Waals surface area contributed by atoms with Gasteiger partial charge >= 0.3 is 0 Å². The van der Waals surface area contributed by atoms with Gasteiger partial charge in [0.2, 0.25) is 5.91 Å². The van der Waals surface area contributed by atoms with Gasteiger partial charge in [-0.05, 0) is 43.4 Å². The van der Waals surface area contributed by atoms with Crippen LogP contribution in [0.2, 0.25) is 0 Å². The number of carbonyl (C=O) groups is 1. The molecule has 6 heteroatoms. The molecular formula is C14H18ClNO3S. The highest BCUT2D eigenvalue weighted by Crippen LogP contribution is 2.17. The lowest BCUT2D eigenvalue weighted by Gasteiger charge is -2.26. The normalized spacial score (nSPS) is 16.1. The Labute approximate surface area is 124 Å². The number of aryl methyl sites for hydroxylation is 1. The molecule has 0 bridgehead atoms. The van der Waals surface area contributed by atoms with E-state index >= 15 is 0 Å². The molecule has 0 unspecified atom stereocenters. The minimum Gasteiger partial charge on any atom is -0.343 e. The van der Waals surface area contributed by atoms with Gasteiger partial charge in [-0.1, -0.05) is 12.1 Å². The molecular weight excluding hydrogens is 298 g/mol. The summed E-state index contributed by atoms with van der Waals surface area (Å²) in [5.41, 5.74) is 0.944. The number of likely N-dealkylation sites (tertiary alicyclic amines) is 1. The van der Waals surface area contributed by atoms with Gasteiger partial charge in [-0.15, -0.1) is 0 Å². The van der Waals surface area contributed by atoms with E-state index in [0.29, 0.717) is 12.8 Å². The SMILES string of the molecule is O=C(CCc1ccc(S(=O)(=O)Cl)cc1)N1CCCCC1. The van der Waals surface area contributed by atoms with Crippen molar-refractivity contribution in [1.29, 1.82) is 0 Å². The topological polar surface area (TPSA) is 54.5 Å². The number of hydrogen-bond acceptors (Lipinski definition) is 3. The van der Waals surface area contributed by atoms with Gasteiger partial charge in [0.25, 0.3) is 9.05 Å². The first-order chi connectivity index (χ1) is 9.47. The van der Waals surface area contributed by atoms with Gasteiger partial charge in [-0.3, -0.25) is 4.79 Å². The summed E-state index contributed by atoms with van der Waals surface area (Å²) in [5.74, 6) is 0.179. The predicted molar refractivity (Wildman–Crippen MR) is 78.2 cm³/mol. The molecule has 0 saturated carbocycles. The standard InChI is InChI=1S/C14H18ClNO3S/c15-20(18,19)13-7-4-12(5-8-13)6-9-14(17)16-10-2-1-3-11-16/h4-5,7-8H,1-3,6,9-11H2. The summed E-state index contributed by atoms with van der Waals surface area (Å²) >= 11 is 0. The van der Waals surface area contributed by atoms with Crippen LogP contribution in [0.4, 0.5) is 0 Å². The Balaban J connectivity index is 1.89. The molecule has 1 aromatic carbocycles. The van der Waals surface area contributed by atoms with E-state index in [9.17, 15) is 13.2 Å². The third-order valence-corrected chi connectivity index (χ3v) is 4.91. The fourth-order valence-corrected chi connectivity index (χ4v) is 3.14. The summed E-state index contributed by atoms with van der Waals surface area (Å²) in [6, 6.07) is 6.36. The highest BCUT2D eigenvalue weighted by atomic mass is 35.7. The van der Waals surface area contributed by atoms with E-state index in [2.05, 4.69) is 0 Å². The molecule has 0 atom stereocenters. The van der Waals surface area contributed by atoms with E-state index < -0.39 is 9.05 Å². The van der Waals surface area contributed by atoms with Gasteiger partial charge in [0, 0.05) is 30.2 Å². The van der Waals surface area contributed by atoms with Crippen LogP contribution in [0.5, 0.6) is 0 Å². The molecule has 110 valence electrons. The first-order valence-corrected chi connectivity index (χ1v) is 9.09. The quantitative estimate of drug-likeness (QED) is 0.802. The maximum Gasteiger partial charge on any atom is 0.261 e. The van der Waals surface area contributed by atoms with Crippen LogP contribution >= 0.6 is 10.7 Å². The number of hydrogen-bond donors (Lipinski definition) is 0. The van der Waals surface area contributed by atoms with Crippen LogP contribution in [0.15, 0.2) is 29.2 Å². The van der Waals surface area contributed by atoms with Gasteiger partial charge in [-0.2, -0.15) is 0 Å². The number of amides is 1. The third-order valence-electron chi connectivity index (χ3n) is 3.54. The average Bonchev–Trinajstić information content (AvgIpc) is 2.45. The molecule has 1 fully saturated rings. The fourth-order valence-electron chi connectivity index (χ4n) is 2.37. The van der Waals surface area contributed by atoms with Crippen LogP contribution in [0.3, 0.4) is 0 Å². The summed E-state index contributed by atoms with van der Waals surface area (Å²) in [6.07, 6.45) is 4.48. The Kier molecular flexibility index (Phi) is 5.05. The second-order valence-corrected chi connectivity index (χ2v) is 7.59. The summed E-state index contributed by atoms with van der Waals surface area (Å²) in [7, 11) is 1.58. The van der Waals surface area contributed by atoms with Gasteiger partial charge < -0.3 is 4.90 Å². The number of carbonyl (C=O) groups excluding carboxylic acids is 1. The molecule has 0 aliphatic carbocycles. The monoisotopic (exact) mass is 315 g/mol. The zero-order chi connectivity index (χ0) is 14.6. The number of halogens is 1. The lowest BCUT2D eigenvalue weighted by molar-refractivity contribution is -0.132. The van der Waals surface area contributed by atoms with Crippen molar-refractivity contribution >= 4 is 25.6 Å². The Bertz CT molecular complexity index is 563. The van der Waals surface area contributed by atoms with E-state index in [4.69, 9.17) is 10.7 Å². The first-order valence-electron chi connectivity index (χ1n) is 6.78. The van der Waals surface area contributed by atoms with Crippen LogP contribution < -0.4 is 0 Å². The maximum absolute atomic E-state index is 12.0. The van der Waals surface area contributed by atoms with Crippen molar-refractivity contribution in [2.45, 2.75) is 37.0 Å². The molecule has 1 aromatic rings. The lowest BCUT2D eigenvalue weighted by atomic mass is 10.1. The summed E-state index contributed by atoms with van der Waals surface area (Å²) in [5, 5.41) is 0. The summed E-state index contributed by atoms with van der Waals surface area (Å²) < 4.78 is 22.2. The molecule has 1 amide bonds. The highest BCUT2D eigenvalue weighted by molar-refractivity contribution is 8.13. The average molecular weight is 316 g/mol. The van der Waals surface area contributed by atoms with E-state index in [-0.39, 0.29) is 10.8 Å². The Morgan fingerprint density at radius 2 is 1.70 bits per heavy atom. The number of benzene rings is 1. The maximum atomic E-state index is 12.0. The van der Waals surface area contributed by atoms with Crippen molar-refractivity contribution in [2.75, 3.05) is 13.1 Å². The predicted octanol–water partition coefficient (Wildman–Crippen LogP) is 2.56. The molecule has 1 aliphatic heterocycles. The zero-order valence-electron chi connectivity index (χ0n) is 11.2. The molecule has 2 rings (SSSR count). The van der Waals surface area contributed by atoms with Crippen LogP contribution in [-0.4, -0.2) is 32.3 Å². The van der Waals surface area contributed by atoms with Crippen molar-refractivity contribution in [3.05, 3.63) is 29.8 Å². The molecule has 20 heavy (non-hydrogen) atoms. The van der Waals surface area contributed by atoms with Crippen molar-refractivity contribution < 1.29 is 13.2 Å². The van der Waals surface area contributed by atoms with Crippen LogP contribution in [0.25, 0.3) is 0 Å². The van der Waals surface area contributed by atoms with E-state index in [1.807, 2.05) is 4.90 Å². The van der Waals surface area contributed by atoms with Crippen LogP contribution in [0.1, 0.15) is 31.2 Å².